The fourth-order valence-electron chi connectivity index (χ4n) is 2.94. The van der Waals surface area contributed by atoms with Crippen molar-refractivity contribution in [1.29, 1.82) is 0 Å². The highest BCUT2D eigenvalue weighted by Crippen LogP contribution is 2.41. The lowest BCUT2D eigenvalue weighted by atomic mass is 10.3. The van der Waals surface area contributed by atoms with Crippen molar-refractivity contribution in [3.8, 4) is 0 Å². The Morgan fingerprint density at radius 3 is 2.70 bits per heavy atom. The first-order valence-electron chi connectivity index (χ1n) is 8.15. The predicted octanol–water partition coefficient (Wildman–Crippen LogP) is 1.44. The third-order valence-corrected chi connectivity index (χ3v) is 5.58. The Morgan fingerprint density at radius 2 is 2.00 bits per heavy atom. The third-order valence-electron chi connectivity index (χ3n) is 4.52. The molecular formula is C16H21N5OS. The number of hydrogen-bond donors (Lipinski definition) is 0. The van der Waals surface area contributed by atoms with Gasteiger partial charge in [0.05, 0.1) is 10.7 Å². The molecule has 2 fully saturated rings. The molecule has 0 atom stereocenters. The fourth-order valence-corrected chi connectivity index (χ4v) is 3.92. The van der Waals surface area contributed by atoms with Crippen LogP contribution in [0.1, 0.15) is 29.5 Å². The van der Waals surface area contributed by atoms with Crippen molar-refractivity contribution in [3.63, 3.8) is 0 Å². The minimum atomic E-state index is -0.0672. The average molecular weight is 331 g/mol. The van der Waals surface area contributed by atoms with Crippen molar-refractivity contribution in [3.05, 3.63) is 38.6 Å². The topological polar surface area (TPSA) is 54.3 Å². The van der Waals surface area contributed by atoms with Gasteiger partial charge in [-0.25, -0.2) is 9.67 Å². The molecule has 0 spiro atoms. The molecule has 6 nitrogen and oxygen atoms in total. The van der Waals surface area contributed by atoms with Gasteiger partial charge in [0.25, 0.3) is 5.56 Å². The number of aryl methyl sites for hydroxylation is 1. The molecule has 0 bridgehead atoms. The Kier molecular flexibility index (Phi) is 3.90. The molecule has 4 rings (SSSR count). The maximum Gasteiger partial charge on any atom is 0.266 e. The zero-order chi connectivity index (χ0) is 15.8. The maximum atomic E-state index is 11.4. The van der Waals surface area contributed by atoms with Gasteiger partial charge in [0.2, 0.25) is 0 Å². The molecule has 2 aromatic rings. The van der Waals surface area contributed by atoms with E-state index in [0.717, 1.165) is 44.5 Å². The van der Waals surface area contributed by atoms with Gasteiger partial charge in [0.15, 0.2) is 0 Å². The van der Waals surface area contributed by atoms with Crippen molar-refractivity contribution >= 4 is 17.2 Å². The second-order valence-electron chi connectivity index (χ2n) is 6.37. The first-order chi connectivity index (χ1) is 11.2. The Labute approximate surface area is 139 Å². The van der Waals surface area contributed by atoms with Crippen LogP contribution in [0.3, 0.4) is 0 Å². The van der Waals surface area contributed by atoms with Crippen LogP contribution < -0.4 is 10.5 Å². The normalized spacial score (nSPS) is 19.3. The lowest BCUT2D eigenvalue weighted by Crippen LogP contribution is -2.46. The van der Waals surface area contributed by atoms with Crippen LogP contribution >= 0.6 is 11.3 Å². The zero-order valence-electron chi connectivity index (χ0n) is 13.3. The molecule has 3 heterocycles. The molecule has 0 amide bonds. The molecule has 122 valence electrons. The molecule has 7 heteroatoms. The van der Waals surface area contributed by atoms with E-state index in [-0.39, 0.29) is 5.56 Å². The summed E-state index contributed by atoms with van der Waals surface area (Å²) in [5, 5.41) is 7.88. The first-order valence-corrected chi connectivity index (χ1v) is 9.03. The molecule has 1 saturated carbocycles. The first kappa shape index (κ1) is 14.8. The Bertz CT molecular complexity index is 743. The quantitative estimate of drug-likeness (QED) is 0.848. The summed E-state index contributed by atoms with van der Waals surface area (Å²) >= 11 is 1.82. The van der Waals surface area contributed by atoms with E-state index in [1.807, 2.05) is 17.4 Å². The van der Waals surface area contributed by atoms with Crippen LogP contribution in [0.5, 0.6) is 0 Å². The monoisotopic (exact) mass is 331 g/mol. The van der Waals surface area contributed by atoms with Crippen molar-refractivity contribution in [2.75, 3.05) is 31.1 Å². The van der Waals surface area contributed by atoms with Crippen molar-refractivity contribution in [2.24, 2.45) is 7.05 Å². The largest absolute Gasteiger partial charge is 0.353 e. The van der Waals surface area contributed by atoms with E-state index >= 15 is 0 Å². The van der Waals surface area contributed by atoms with Crippen molar-refractivity contribution in [2.45, 2.75) is 25.3 Å². The minimum Gasteiger partial charge on any atom is -0.353 e. The number of anilines is 1. The third kappa shape index (κ3) is 3.30. The maximum absolute atomic E-state index is 11.4. The average Bonchev–Trinajstić information content (AvgIpc) is 3.31. The number of thiazole rings is 1. The summed E-state index contributed by atoms with van der Waals surface area (Å²) in [5.74, 6) is 1.64. The number of rotatable bonds is 4. The van der Waals surface area contributed by atoms with Gasteiger partial charge in [-0.1, -0.05) is 0 Å². The van der Waals surface area contributed by atoms with Gasteiger partial charge in [-0.15, -0.1) is 11.3 Å². The van der Waals surface area contributed by atoms with Crippen LogP contribution in [0.15, 0.2) is 22.3 Å². The Morgan fingerprint density at radius 1 is 1.22 bits per heavy atom. The number of piperazine rings is 1. The summed E-state index contributed by atoms with van der Waals surface area (Å²) in [6.45, 7) is 4.81. The SMILES string of the molecule is Cn1nc(N2CCN(Cc3csc(C4CC4)n3)CC2)ccc1=O. The summed E-state index contributed by atoms with van der Waals surface area (Å²) in [7, 11) is 1.70. The van der Waals surface area contributed by atoms with Crippen LogP contribution in [0.25, 0.3) is 0 Å². The van der Waals surface area contributed by atoms with Gasteiger partial charge in [0.1, 0.15) is 5.82 Å². The van der Waals surface area contributed by atoms with Crippen LogP contribution in [-0.2, 0) is 13.6 Å². The number of aromatic nitrogens is 3. The van der Waals surface area contributed by atoms with Crippen LogP contribution in [0.4, 0.5) is 5.82 Å². The van der Waals surface area contributed by atoms with E-state index in [9.17, 15) is 4.79 Å². The summed E-state index contributed by atoms with van der Waals surface area (Å²) < 4.78 is 1.40. The molecule has 2 aromatic heterocycles. The molecular weight excluding hydrogens is 310 g/mol. The van der Waals surface area contributed by atoms with E-state index in [4.69, 9.17) is 4.98 Å². The molecule has 0 radical (unpaired) electrons. The van der Waals surface area contributed by atoms with E-state index < -0.39 is 0 Å². The highest BCUT2D eigenvalue weighted by Gasteiger charge is 2.27. The van der Waals surface area contributed by atoms with Gasteiger partial charge in [-0.3, -0.25) is 9.69 Å². The molecule has 1 saturated heterocycles. The fraction of sp³-hybridized carbons (Fsp3) is 0.562. The standard InChI is InChI=1S/C16H21N5OS/c1-19-15(22)5-4-14(18-19)21-8-6-20(7-9-21)10-13-11-23-16(17-13)12-2-3-12/h4-5,11-12H,2-3,6-10H2,1H3. The van der Waals surface area contributed by atoms with Gasteiger partial charge in [-0.2, -0.15) is 5.10 Å². The second kappa shape index (κ2) is 6.05. The van der Waals surface area contributed by atoms with Crippen LogP contribution in [-0.4, -0.2) is 45.8 Å². The lowest BCUT2D eigenvalue weighted by Gasteiger charge is -2.35. The molecule has 2 aliphatic rings. The highest BCUT2D eigenvalue weighted by molar-refractivity contribution is 7.09. The van der Waals surface area contributed by atoms with Crippen molar-refractivity contribution in [1.82, 2.24) is 19.7 Å². The highest BCUT2D eigenvalue weighted by atomic mass is 32.1. The molecule has 0 unspecified atom stereocenters. The van der Waals surface area contributed by atoms with E-state index in [2.05, 4.69) is 20.3 Å². The van der Waals surface area contributed by atoms with E-state index in [1.165, 1.54) is 28.2 Å². The van der Waals surface area contributed by atoms with Crippen LogP contribution in [0.2, 0.25) is 0 Å². The summed E-state index contributed by atoms with van der Waals surface area (Å²) in [6.07, 6.45) is 2.64. The van der Waals surface area contributed by atoms with Crippen molar-refractivity contribution < 1.29 is 0 Å². The second-order valence-corrected chi connectivity index (χ2v) is 7.26. The zero-order valence-corrected chi connectivity index (χ0v) is 14.1. The molecule has 1 aliphatic carbocycles. The summed E-state index contributed by atoms with van der Waals surface area (Å²) in [4.78, 5) is 20.9. The number of hydrogen-bond acceptors (Lipinski definition) is 6. The summed E-state index contributed by atoms with van der Waals surface area (Å²) in [5.41, 5.74) is 1.15. The minimum absolute atomic E-state index is 0.0672. The molecule has 0 N–H and O–H groups in total. The van der Waals surface area contributed by atoms with Gasteiger partial charge >= 0.3 is 0 Å². The van der Waals surface area contributed by atoms with Gasteiger partial charge in [-0.05, 0) is 18.9 Å². The Hall–Kier alpha value is -1.73. The lowest BCUT2D eigenvalue weighted by molar-refractivity contribution is 0.246. The predicted molar refractivity (Wildman–Crippen MR) is 91.1 cm³/mol. The van der Waals surface area contributed by atoms with Gasteiger partial charge in [0, 0.05) is 57.1 Å². The molecule has 23 heavy (non-hydrogen) atoms. The van der Waals surface area contributed by atoms with Gasteiger partial charge < -0.3 is 4.90 Å². The van der Waals surface area contributed by atoms with Crippen LogP contribution in [0, 0.1) is 0 Å². The summed E-state index contributed by atoms with van der Waals surface area (Å²) in [6, 6.07) is 3.41. The van der Waals surface area contributed by atoms with E-state index in [1.54, 1.807) is 13.1 Å². The molecule has 1 aliphatic heterocycles. The van der Waals surface area contributed by atoms with E-state index in [0.29, 0.717) is 0 Å². The smallest absolute Gasteiger partial charge is 0.266 e. The Balaban J connectivity index is 1.34. The molecule has 0 aromatic carbocycles. The number of nitrogens with zero attached hydrogens (tertiary/aromatic N) is 5.